The van der Waals surface area contributed by atoms with E-state index >= 15 is 0 Å². The van der Waals surface area contributed by atoms with Gasteiger partial charge >= 0.3 is 0 Å². The lowest BCUT2D eigenvalue weighted by atomic mass is 10.2. The molecule has 2 rings (SSSR count). The molecule has 0 bridgehead atoms. The summed E-state index contributed by atoms with van der Waals surface area (Å²) in [7, 11) is 0. The minimum atomic E-state index is -0.358. The van der Waals surface area contributed by atoms with E-state index in [9.17, 15) is 14.0 Å². The van der Waals surface area contributed by atoms with E-state index in [-0.39, 0.29) is 30.2 Å². The van der Waals surface area contributed by atoms with Crippen LogP contribution in [0.15, 0.2) is 35.1 Å². The summed E-state index contributed by atoms with van der Waals surface area (Å²) >= 11 is 0. The summed E-state index contributed by atoms with van der Waals surface area (Å²) in [5.74, 6) is -0.523. The Bertz CT molecular complexity index is 682. The Morgan fingerprint density at radius 1 is 1.30 bits per heavy atom. The number of rotatable bonds is 5. The van der Waals surface area contributed by atoms with Crippen LogP contribution in [0.1, 0.15) is 6.42 Å². The molecule has 0 aliphatic carbocycles. The maximum Gasteiger partial charge on any atom is 0.251 e. The lowest BCUT2D eigenvalue weighted by Crippen LogP contribution is -2.31. The number of hydrogen-bond donors (Lipinski definition) is 2. The number of hydrogen-bond acceptors (Lipinski definition) is 3. The number of benzene rings is 1. The molecule has 0 saturated carbocycles. The van der Waals surface area contributed by atoms with Gasteiger partial charge in [-0.05, 0) is 24.3 Å². The molecular formula is C14H16FN3O2. The molecule has 5 nitrogen and oxygen atoms in total. The van der Waals surface area contributed by atoms with Crippen molar-refractivity contribution in [2.24, 2.45) is 5.73 Å². The van der Waals surface area contributed by atoms with E-state index in [2.05, 4.69) is 5.32 Å². The van der Waals surface area contributed by atoms with Crippen molar-refractivity contribution in [1.82, 2.24) is 9.88 Å². The normalized spacial score (nSPS) is 10.7. The molecule has 0 unspecified atom stereocenters. The van der Waals surface area contributed by atoms with Crippen molar-refractivity contribution in [1.29, 1.82) is 0 Å². The molecule has 0 atom stereocenters. The minimum Gasteiger partial charge on any atom is -0.355 e. The largest absolute Gasteiger partial charge is 0.355 e. The fraction of sp³-hybridized carbons (Fsp3) is 0.286. The molecule has 0 spiro atoms. The van der Waals surface area contributed by atoms with Gasteiger partial charge in [-0.3, -0.25) is 9.59 Å². The summed E-state index contributed by atoms with van der Waals surface area (Å²) < 4.78 is 14.6. The van der Waals surface area contributed by atoms with Crippen LogP contribution in [-0.4, -0.2) is 23.6 Å². The van der Waals surface area contributed by atoms with Gasteiger partial charge in [0.25, 0.3) is 5.56 Å². The Labute approximate surface area is 115 Å². The molecule has 0 fully saturated rings. The van der Waals surface area contributed by atoms with Crippen molar-refractivity contribution in [2.45, 2.75) is 13.0 Å². The van der Waals surface area contributed by atoms with Crippen LogP contribution >= 0.6 is 0 Å². The first kappa shape index (κ1) is 14.2. The van der Waals surface area contributed by atoms with Gasteiger partial charge in [-0.1, -0.05) is 0 Å². The maximum atomic E-state index is 13.2. The number of nitrogens with two attached hydrogens (primary N) is 1. The lowest BCUT2D eigenvalue weighted by Gasteiger charge is -2.10. The molecule has 1 aromatic heterocycles. The fourth-order valence-electron chi connectivity index (χ4n) is 2.02. The molecule has 106 valence electrons. The number of amides is 1. The van der Waals surface area contributed by atoms with E-state index < -0.39 is 0 Å². The van der Waals surface area contributed by atoms with E-state index in [0.717, 1.165) is 0 Å². The van der Waals surface area contributed by atoms with Gasteiger partial charge in [0.15, 0.2) is 0 Å². The van der Waals surface area contributed by atoms with Gasteiger partial charge < -0.3 is 15.6 Å². The molecule has 1 heterocycles. The van der Waals surface area contributed by atoms with Crippen molar-refractivity contribution in [2.75, 3.05) is 13.1 Å². The molecule has 3 N–H and O–H groups in total. The molecule has 1 aromatic carbocycles. The molecule has 2 aromatic rings. The number of fused-ring (bicyclic) bond motifs is 1. The number of aryl methyl sites for hydroxylation is 1. The Balaban J connectivity index is 2.23. The van der Waals surface area contributed by atoms with E-state index in [1.54, 1.807) is 12.1 Å². The van der Waals surface area contributed by atoms with E-state index in [0.29, 0.717) is 24.0 Å². The molecule has 20 heavy (non-hydrogen) atoms. The highest BCUT2D eigenvalue weighted by Crippen LogP contribution is 2.13. The SMILES string of the molecule is NCCNC(=O)CCn1c(=O)ccc2cc(F)ccc21. The highest BCUT2D eigenvalue weighted by molar-refractivity contribution is 5.79. The van der Waals surface area contributed by atoms with Crippen LogP contribution in [0.5, 0.6) is 0 Å². The summed E-state index contributed by atoms with van der Waals surface area (Å²) in [6, 6.07) is 7.15. The zero-order valence-corrected chi connectivity index (χ0v) is 10.9. The first-order chi connectivity index (χ1) is 9.61. The van der Waals surface area contributed by atoms with Crippen molar-refractivity contribution in [3.8, 4) is 0 Å². The Kier molecular flexibility index (Phi) is 4.47. The van der Waals surface area contributed by atoms with Crippen LogP contribution in [0.3, 0.4) is 0 Å². The van der Waals surface area contributed by atoms with Crippen LogP contribution in [0, 0.1) is 5.82 Å². The summed E-state index contributed by atoms with van der Waals surface area (Å²) in [5.41, 5.74) is 5.70. The maximum absolute atomic E-state index is 13.2. The van der Waals surface area contributed by atoms with Crippen LogP contribution in [0.25, 0.3) is 10.9 Å². The van der Waals surface area contributed by atoms with Crippen LogP contribution in [-0.2, 0) is 11.3 Å². The van der Waals surface area contributed by atoms with Gasteiger partial charge in [0.1, 0.15) is 5.82 Å². The number of nitrogens with zero attached hydrogens (tertiary/aromatic N) is 1. The monoisotopic (exact) mass is 277 g/mol. The average molecular weight is 277 g/mol. The summed E-state index contributed by atoms with van der Waals surface area (Å²) in [5, 5.41) is 3.27. The second kappa shape index (κ2) is 6.29. The molecule has 1 amide bonds. The van der Waals surface area contributed by atoms with Gasteiger partial charge in [0.2, 0.25) is 5.91 Å². The van der Waals surface area contributed by atoms with Gasteiger partial charge in [-0.25, -0.2) is 4.39 Å². The second-order valence-electron chi connectivity index (χ2n) is 4.41. The third kappa shape index (κ3) is 3.21. The molecule has 6 heteroatoms. The first-order valence-corrected chi connectivity index (χ1v) is 6.37. The van der Waals surface area contributed by atoms with Crippen molar-refractivity contribution >= 4 is 16.8 Å². The zero-order chi connectivity index (χ0) is 14.5. The number of nitrogens with one attached hydrogen (secondary N) is 1. The van der Waals surface area contributed by atoms with Gasteiger partial charge in [-0.2, -0.15) is 0 Å². The zero-order valence-electron chi connectivity index (χ0n) is 10.9. The first-order valence-electron chi connectivity index (χ1n) is 6.37. The quantitative estimate of drug-likeness (QED) is 0.840. The van der Waals surface area contributed by atoms with Crippen LogP contribution in [0.4, 0.5) is 4.39 Å². The van der Waals surface area contributed by atoms with Gasteiger partial charge in [0, 0.05) is 37.5 Å². The highest BCUT2D eigenvalue weighted by Gasteiger charge is 2.06. The molecule has 0 aliphatic heterocycles. The van der Waals surface area contributed by atoms with E-state index in [1.165, 1.54) is 22.8 Å². The molecule has 0 radical (unpaired) electrons. The Hall–Kier alpha value is -2.21. The second-order valence-corrected chi connectivity index (χ2v) is 4.41. The Morgan fingerprint density at radius 3 is 2.85 bits per heavy atom. The predicted octanol–water partition coefficient (Wildman–Crippen LogP) is 0.606. The smallest absolute Gasteiger partial charge is 0.251 e. The number of carbonyl (C=O) groups is 1. The summed E-state index contributed by atoms with van der Waals surface area (Å²) in [6.07, 6.45) is 0.177. The van der Waals surface area contributed by atoms with E-state index in [1.807, 2.05) is 0 Å². The number of carbonyl (C=O) groups excluding carboxylic acids is 1. The number of aromatic nitrogens is 1. The fourth-order valence-corrected chi connectivity index (χ4v) is 2.02. The van der Waals surface area contributed by atoms with Crippen molar-refractivity contribution in [3.05, 3.63) is 46.5 Å². The third-order valence-corrected chi connectivity index (χ3v) is 2.98. The van der Waals surface area contributed by atoms with Crippen molar-refractivity contribution < 1.29 is 9.18 Å². The summed E-state index contributed by atoms with van der Waals surface area (Å²) in [4.78, 5) is 23.4. The standard InChI is InChI=1S/C14H16FN3O2/c15-11-2-3-12-10(9-11)1-4-14(20)18(12)8-5-13(19)17-7-6-16/h1-4,9H,5-8,16H2,(H,17,19). The van der Waals surface area contributed by atoms with Gasteiger partial charge in [0.05, 0.1) is 5.52 Å². The van der Waals surface area contributed by atoms with Gasteiger partial charge in [-0.15, -0.1) is 0 Å². The predicted molar refractivity (Wildman–Crippen MR) is 74.8 cm³/mol. The molecule has 0 aliphatic rings. The molecular weight excluding hydrogens is 261 g/mol. The molecule has 0 saturated heterocycles. The lowest BCUT2D eigenvalue weighted by molar-refractivity contribution is -0.121. The van der Waals surface area contributed by atoms with Crippen molar-refractivity contribution in [3.63, 3.8) is 0 Å². The average Bonchev–Trinajstić information content (AvgIpc) is 2.44. The Morgan fingerprint density at radius 2 is 2.10 bits per heavy atom. The number of pyridine rings is 1. The van der Waals surface area contributed by atoms with Crippen LogP contribution in [0.2, 0.25) is 0 Å². The summed E-state index contributed by atoms with van der Waals surface area (Å²) in [6.45, 7) is 1.03. The highest BCUT2D eigenvalue weighted by atomic mass is 19.1. The number of halogens is 1. The minimum absolute atomic E-state index is 0.165. The van der Waals surface area contributed by atoms with E-state index in [4.69, 9.17) is 5.73 Å². The third-order valence-electron chi connectivity index (χ3n) is 2.98. The van der Waals surface area contributed by atoms with Crippen LogP contribution < -0.4 is 16.6 Å². The topological polar surface area (TPSA) is 77.1 Å².